The van der Waals surface area contributed by atoms with Crippen molar-refractivity contribution < 1.29 is 14.0 Å². The lowest BCUT2D eigenvalue weighted by atomic mass is 10.1. The number of nitrogens with zero attached hydrogens (tertiary/aromatic N) is 2. The summed E-state index contributed by atoms with van der Waals surface area (Å²) in [7, 11) is 1.67. The predicted molar refractivity (Wildman–Crippen MR) is 83.4 cm³/mol. The molecule has 22 heavy (non-hydrogen) atoms. The second kappa shape index (κ2) is 6.96. The van der Waals surface area contributed by atoms with E-state index in [-0.39, 0.29) is 22.9 Å². The molecule has 1 fully saturated rings. The number of benzene rings is 1. The molecule has 0 saturated carbocycles. The van der Waals surface area contributed by atoms with Crippen molar-refractivity contribution in [2.75, 3.05) is 32.0 Å². The van der Waals surface area contributed by atoms with Crippen LogP contribution < -0.4 is 5.32 Å². The number of nitrogens with one attached hydrogen (secondary N) is 1. The molecule has 1 N–H and O–H groups in total. The van der Waals surface area contributed by atoms with Gasteiger partial charge in [0.15, 0.2) is 0 Å². The molecule has 0 radical (unpaired) electrons. The third-order valence-electron chi connectivity index (χ3n) is 3.72. The standard InChI is InChI=1S/C15H19ClFN3O2/c1-10(21)20-4-3-11(9-20)8-19(2)15(22)18-14-6-12(16)5-13(17)7-14/h5-7,11H,3-4,8-9H2,1-2H3,(H,18,22). The Bertz CT molecular complexity index is 562. The normalized spacial score (nSPS) is 17.5. The van der Waals surface area contributed by atoms with Gasteiger partial charge in [-0.15, -0.1) is 0 Å². The summed E-state index contributed by atoms with van der Waals surface area (Å²) in [5.41, 5.74) is 0.318. The predicted octanol–water partition coefficient (Wildman–Crippen LogP) is 2.81. The molecular formula is C15H19ClFN3O2. The first kappa shape index (κ1) is 16.5. The van der Waals surface area contributed by atoms with Gasteiger partial charge in [0.25, 0.3) is 0 Å². The van der Waals surface area contributed by atoms with Crippen LogP contribution in [0.3, 0.4) is 0 Å². The molecule has 0 aliphatic carbocycles. The number of halogens is 2. The van der Waals surface area contributed by atoms with Gasteiger partial charge in [0, 0.05) is 44.3 Å². The van der Waals surface area contributed by atoms with Crippen LogP contribution in [0.5, 0.6) is 0 Å². The van der Waals surface area contributed by atoms with Crippen LogP contribution in [0, 0.1) is 11.7 Å². The van der Waals surface area contributed by atoms with E-state index in [1.54, 1.807) is 18.9 Å². The fourth-order valence-corrected chi connectivity index (χ4v) is 2.80. The second-order valence-corrected chi connectivity index (χ2v) is 6.02. The van der Waals surface area contributed by atoms with E-state index in [2.05, 4.69) is 5.32 Å². The maximum atomic E-state index is 13.2. The van der Waals surface area contributed by atoms with E-state index >= 15 is 0 Å². The van der Waals surface area contributed by atoms with Crippen LogP contribution in [-0.2, 0) is 4.79 Å². The minimum atomic E-state index is -0.502. The number of hydrogen-bond acceptors (Lipinski definition) is 2. The maximum absolute atomic E-state index is 13.2. The highest BCUT2D eigenvalue weighted by molar-refractivity contribution is 6.30. The molecule has 1 aliphatic rings. The number of likely N-dealkylation sites (tertiary alicyclic amines) is 1. The Morgan fingerprint density at radius 2 is 2.18 bits per heavy atom. The van der Waals surface area contributed by atoms with Crippen molar-refractivity contribution >= 4 is 29.2 Å². The molecule has 2 rings (SSSR count). The third-order valence-corrected chi connectivity index (χ3v) is 3.94. The van der Waals surface area contributed by atoms with Crippen LogP contribution in [0.1, 0.15) is 13.3 Å². The molecule has 0 bridgehead atoms. The van der Waals surface area contributed by atoms with E-state index in [1.807, 2.05) is 0 Å². The Morgan fingerprint density at radius 3 is 2.77 bits per heavy atom. The zero-order valence-corrected chi connectivity index (χ0v) is 13.4. The topological polar surface area (TPSA) is 52.7 Å². The maximum Gasteiger partial charge on any atom is 0.321 e. The summed E-state index contributed by atoms with van der Waals surface area (Å²) < 4.78 is 13.2. The van der Waals surface area contributed by atoms with Crippen molar-refractivity contribution in [2.24, 2.45) is 5.92 Å². The minimum absolute atomic E-state index is 0.0593. The van der Waals surface area contributed by atoms with Crippen LogP contribution in [-0.4, -0.2) is 48.4 Å². The van der Waals surface area contributed by atoms with Gasteiger partial charge in [0.2, 0.25) is 5.91 Å². The van der Waals surface area contributed by atoms with Gasteiger partial charge in [-0.1, -0.05) is 11.6 Å². The first-order valence-electron chi connectivity index (χ1n) is 7.09. The number of anilines is 1. The van der Waals surface area contributed by atoms with Crippen LogP contribution >= 0.6 is 11.6 Å². The molecule has 120 valence electrons. The molecule has 0 aromatic heterocycles. The number of carbonyl (C=O) groups excluding carboxylic acids is 2. The smallest absolute Gasteiger partial charge is 0.321 e. The van der Waals surface area contributed by atoms with Gasteiger partial charge in [-0.3, -0.25) is 4.79 Å². The van der Waals surface area contributed by atoms with E-state index in [9.17, 15) is 14.0 Å². The summed E-state index contributed by atoms with van der Waals surface area (Å²) in [6.45, 7) is 3.48. The molecule has 3 amide bonds. The largest absolute Gasteiger partial charge is 0.343 e. The molecule has 1 unspecified atom stereocenters. The van der Waals surface area contributed by atoms with E-state index < -0.39 is 5.82 Å². The van der Waals surface area contributed by atoms with Crippen molar-refractivity contribution in [3.05, 3.63) is 29.0 Å². The number of hydrogen-bond donors (Lipinski definition) is 1. The van der Waals surface area contributed by atoms with Gasteiger partial charge in [0.1, 0.15) is 5.82 Å². The van der Waals surface area contributed by atoms with Gasteiger partial charge < -0.3 is 15.1 Å². The summed E-state index contributed by atoms with van der Waals surface area (Å²) >= 11 is 5.75. The van der Waals surface area contributed by atoms with Gasteiger partial charge in [-0.2, -0.15) is 0 Å². The fourth-order valence-electron chi connectivity index (χ4n) is 2.58. The van der Waals surface area contributed by atoms with E-state index in [0.29, 0.717) is 18.8 Å². The average molecular weight is 328 g/mol. The van der Waals surface area contributed by atoms with Gasteiger partial charge in [-0.05, 0) is 30.5 Å². The van der Waals surface area contributed by atoms with Crippen LogP contribution in [0.15, 0.2) is 18.2 Å². The molecule has 1 saturated heterocycles. The lowest BCUT2D eigenvalue weighted by Gasteiger charge is -2.22. The van der Waals surface area contributed by atoms with Crippen molar-refractivity contribution in [3.63, 3.8) is 0 Å². The number of carbonyl (C=O) groups is 2. The molecule has 1 aromatic carbocycles. The van der Waals surface area contributed by atoms with Crippen molar-refractivity contribution in [2.45, 2.75) is 13.3 Å². The monoisotopic (exact) mass is 327 g/mol. The Labute approximate surface area is 134 Å². The van der Waals surface area contributed by atoms with Crippen molar-refractivity contribution in [1.82, 2.24) is 9.80 Å². The highest BCUT2D eigenvalue weighted by Crippen LogP contribution is 2.20. The second-order valence-electron chi connectivity index (χ2n) is 5.59. The van der Waals surface area contributed by atoms with Crippen molar-refractivity contribution in [1.29, 1.82) is 0 Å². The zero-order valence-electron chi connectivity index (χ0n) is 12.6. The molecule has 1 heterocycles. The molecule has 0 spiro atoms. The van der Waals surface area contributed by atoms with Crippen LogP contribution in [0.2, 0.25) is 5.02 Å². The Kier molecular flexibility index (Phi) is 5.24. The minimum Gasteiger partial charge on any atom is -0.343 e. The van der Waals surface area contributed by atoms with Gasteiger partial charge >= 0.3 is 6.03 Å². The Morgan fingerprint density at radius 1 is 1.45 bits per heavy atom. The molecule has 1 aliphatic heterocycles. The van der Waals surface area contributed by atoms with E-state index in [4.69, 9.17) is 11.6 Å². The highest BCUT2D eigenvalue weighted by atomic mass is 35.5. The summed E-state index contributed by atoms with van der Waals surface area (Å²) in [4.78, 5) is 26.7. The van der Waals surface area contributed by atoms with E-state index in [1.165, 1.54) is 23.1 Å². The van der Waals surface area contributed by atoms with Gasteiger partial charge in [0.05, 0.1) is 0 Å². The molecule has 5 nitrogen and oxygen atoms in total. The van der Waals surface area contributed by atoms with Crippen LogP contribution in [0.4, 0.5) is 14.9 Å². The zero-order chi connectivity index (χ0) is 16.3. The molecule has 7 heteroatoms. The summed E-state index contributed by atoms with van der Waals surface area (Å²) in [5, 5.41) is 2.84. The quantitative estimate of drug-likeness (QED) is 0.928. The lowest BCUT2D eigenvalue weighted by Crippen LogP contribution is -2.36. The fraction of sp³-hybridized carbons (Fsp3) is 0.467. The highest BCUT2D eigenvalue weighted by Gasteiger charge is 2.26. The number of amides is 3. The average Bonchev–Trinajstić information content (AvgIpc) is 2.86. The summed E-state index contributed by atoms with van der Waals surface area (Å²) in [5.74, 6) is -0.182. The first-order valence-corrected chi connectivity index (χ1v) is 7.46. The summed E-state index contributed by atoms with van der Waals surface area (Å²) in [6, 6.07) is 3.55. The molecule has 1 atom stereocenters. The van der Waals surface area contributed by atoms with Crippen molar-refractivity contribution in [3.8, 4) is 0 Å². The number of rotatable bonds is 3. The third kappa shape index (κ3) is 4.34. The SMILES string of the molecule is CC(=O)N1CCC(CN(C)C(=O)Nc2cc(F)cc(Cl)c2)C1. The Hall–Kier alpha value is -1.82. The van der Waals surface area contributed by atoms with Gasteiger partial charge in [-0.25, -0.2) is 9.18 Å². The number of urea groups is 1. The van der Waals surface area contributed by atoms with E-state index in [0.717, 1.165) is 13.0 Å². The lowest BCUT2D eigenvalue weighted by molar-refractivity contribution is -0.127. The first-order chi connectivity index (χ1) is 10.3. The summed E-state index contributed by atoms with van der Waals surface area (Å²) in [6.07, 6.45) is 0.878. The molecular weight excluding hydrogens is 309 g/mol. The molecule has 1 aromatic rings. The van der Waals surface area contributed by atoms with Crippen LogP contribution in [0.25, 0.3) is 0 Å². The Balaban J connectivity index is 1.88.